The zero-order chi connectivity index (χ0) is 20.8. The third-order valence-corrected chi connectivity index (χ3v) is 5.49. The van der Waals surface area contributed by atoms with Crippen LogP contribution < -0.4 is 5.32 Å². The lowest BCUT2D eigenvalue weighted by Crippen LogP contribution is -2.40. The predicted molar refractivity (Wildman–Crippen MR) is 108 cm³/mol. The summed E-state index contributed by atoms with van der Waals surface area (Å²) in [7, 11) is 0. The molecule has 1 aromatic carbocycles. The minimum Gasteiger partial charge on any atom is -0.450 e. The van der Waals surface area contributed by atoms with E-state index in [9.17, 15) is 4.79 Å². The molecular formula is C22H35NO4. The van der Waals surface area contributed by atoms with Crippen molar-refractivity contribution in [3.63, 3.8) is 0 Å². The average molecular weight is 378 g/mol. The maximum atomic E-state index is 12.4. The lowest BCUT2D eigenvalue weighted by Gasteiger charge is -2.37. The predicted octanol–water partition coefficient (Wildman–Crippen LogP) is 5.10. The number of nitrogens with one attached hydrogen (secondary N) is 1. The fourth-order valence-electron chi connectivity index (χ4n) is 4.03. The molecule has 3 N–H and O–H groups in total. The van der Waals surface area contributed by atoms with E-state index < -0.39 is 6.16 Å². The van der Waals surface area contributed by atoms with Crippen LogP contribution in [0.5, 0.6) is 0 Å². The molecule has 0 heterocycles. The van der Waals surface area contributed by atoms with Gasteiger partial charge in [0.2, 0.25) is 5.91 Å². The minimum atomic E-state index is -1.83. The second-order valence-electron chi connectivity index (χ2n) is 8.82. The monoisotopic (exact) mass is 377 g/mol. The molecule has 0 aromatic heterocycles. The summed E-state index contributed by atoms with van der Waals surface area (Å²) in [5.74, 6) is 0.969. The molecule has 1 fully saturated rings. The van der Waals surface area contributed by atoms with Gasteiger partial charge in [0.1, 0.15) is 0 Å². The summed E-state index contributed by atoms with van der Waals surface area (Å²) in [5.41, 5.74) is 5.31. The third-order valence-electron chi connectivity index (χ3n) is 5.49. The zero-order valence-electron chi connectivity index (χ0n) is 17.6. The van der Waals surface area contributed by atoms with Gasteiger partial charge in [-0.05, 0) is 74.5 Å². The minimum absolute atomic E-state index is 0.180. The van der Waals surface area contributed by atoms with Crippen molar-refractivity contribution in [2.45, 2.75) is 79.7 Å². The summed E-state index contributed by atoms with van der Waals surface area (Å²) in [5, 5.41) is 17.2. The van der Waals surface area contributed by atoms with Crippen LogP contribution in [0.1, 0.15) is 68.7 Å². The van der Waals surface area contributed by atoms with Crippen LogP contribution in [-0.2, 0) is 11.2 Å². The summed E-state index contributed by atoms with van der Waals surface area (Å²) in [6.07, 6.45) is 3.39. The standard InChI is InChI=1S/C21H33NO.CH2O3/c1-14-11-15(2)19(16(3)12-14)13-20(23)22-18-9-7-17(8-10-18)21(4,5)6;2-1(3)4/h11-12,17-18H,7-10,13H2,1-6H3,(H,22,23);(H2,2,3,4). The number of carbonyl (C=O) groups is 2. The van der Waals surface area contributed by atoms with E-state index in [-0.39, 0.29) is 5.91 Å². The highest BCUT2D eigenvalue weighted by atomic mass is 16.6. The number of carbonyl (C=O) groups excluding carboxylic acids is 1. The highest BCUT2D eigenvalue weighted by Crippen LogP contribution is 2.37. The number of rotatable bonds is 3. The molecule has 27 heavy (non-hydrogen) atoms. The summed E-state index contributed by atoms with van der Waals surface area (Å²) < 4.78 is 0. The van der Waals surface area contributed by atoms with Gasteiger partial charge in [-0.15, -0.1) is 0 Å². The van der Waals surface area contributed by atoms with Gasteiger partial charge in [-0.1, -0.05) is 38.5 Å². The fraction of sp³-hybridized carbons (Fsp3) is 0.636. The Morgan fingerprint density at radius 3 is 1.85 bits per heavy atom. The molecule has 1 aliphatic rings. The number of aryl methyl sites for hydroxylation is 3. The number of hydrogen-bond acceptors (Lipinski definition) is 2. The van der Waals surface area contributed by atoms with Crippen molar-refractivity contribution < 1.29 is 19.8 Å². The normalized spacial score (nSPS) is 19.6. The van der Waals surface area contributed by atoms with Gasteiger partial charge in [0, 0.05) is 6.04 Å². The highest BCUT2D eigenvalue weighted by Gasteiger charge is 2.30. The SMILES string of the molecule is Cc1cc(C)c(CC(=O)NC2CCC(C(C)(C)C)CC2)c(C)c1.O=C(O)O. The number of hydrogen-bond donors (Lipinski definition) is 3. The van der Waals surface area contributed by atoms with Crippen molar-refractivity contribution in [3.8, 4) is 0 Å². The van der Waals surface area contributed by atoms with E-state index in [0.29, 0.717) is 17.9 Å². The van der Waals surface area contributed by atoms with Gasteiger partial charge in [-0.25, -0.2) is 4.79 Å². The summed E-state index contributed by atoms with van der Waals surface area (Å²) >= 11 is 0. The van der Waals surface area contributed by atoms with Gasteiger partial charge in [0.25, 0.3) is 0 Å². The molecule has 0 spiro atoms. The Morgan fingerprint density at radius 1 is 1.00 bits per heavy atom. The van der Waals surface area contributed by atoms with Gasteiger partial charge >= 0.3 is 6.16 Å². The number of amides is 1. The van der Waals surface area contributed by atoms with Gasteiger partial charge in [-0.3, -0.25) is 4.79 Å². The molecule has 1 aromatic rings. The Bertz CT molecular complexity index is 626. The number of carboxylic acid groups (broad SMARTS) is 2. The summed E-state index contributed by atoms with van der Waals surface area (Å²) in [4.78, 5) is 21.0. The van der Waals surface area contributed by atoms with E-state index in [4.69, 9.17) is 15.0 Å². The fourth-order valence-corrected chi connectivity index (χ4v) is 4.03. The van der Waals surface area contributed by atoms with Crippen LogP contribution in [0, 0.1) is 32.1 Å². The quantitative estimate of drug-likeness (QED) is 0.684. The van der Waals surface area contributed by atoms with Crippen LogP contribution in [0.15, 0.2) is 12.1 Å². The van der Waals surface area contributed by atoms with E-state index in [2.05, 4.69) is 59.0 Å². The Labute approximate surface area is 163 Å². The van der Waals surface area contributed by atoms with Crippen LogP contribution in [0.3, 0.4) is 0 Å². The average Bonchev–Trinajstić information content (AvgIpc) is 2.50. The topological polar surface area (TPSA) is 86.6 Å². The van der Waals surface area contributed by atoms with Crippen LogP contribution >= 0.6 is 0 Å². The van der Waals surface area contributed by atoms with Crippen LogP contribution in [0.25, 0.3) is 0 Å². The Hall–Kier alpha value is -2.04. The third kappa shape index (κ3) is 8.02. The molecule has 5 nitrogen and oxygen atoms in total. The van der Waals surface area contributed by atoms with Crippen LogP contribution in [-0.4, -0.2) is 28.3 Å². The Morgan fingerprint density at radius 2 is 1.44 bits per heavy atom. The molecule has 0 radical (unpaired) electrons. The van der Waals surface area contributed by atoms with Crippen LogP contribution in [0.2, 0.25) is 0 Å². The second-order valence-corrected chi connectivity index (χ2v) is 8.82. The zero-order valence-corrected chi connectivity index (χ0v) is 17.6. The first-order chi connectivity index (χ1) is 12.4. The molecular weight excluding hydrogens is 342 g/mol. The molecule has 152 valence electrons. The second kappa shape index (κ2) is 9.77. The van der Waals surface area contributed by atoms with Crippen molar-refractivity contribution in [2.24, 2.45) is 11.3 Å². The molecule has 0 bridgehead atoms. The molecule has 2 rings (SSSR count). The van der Waals surface area contributed by atoms with Crippen molar-refractivity contribution in [2.75, 3.05) is 0 Å². The molecule has 0 unspecified atom stereocenters. The summed E-state index contributed by atoms with van der Waals surface area (Å²) in [6, 6.07) is 4.71. The van der Waals surface area contributed by atoms with Gasteiger partial charge in [-0.2, -0.15) is 0 Å². The maximum absolute atomic E-state index is 12.4. The lowest BCUT2D eigenvalue weighted by molar-refractivity contribution is -0.121. The Balaban J connectivity index is 0.000000828. The molecule has 5 heteroatoms. The van der Waals surface area contributed by atoms with E-state index >= 15 is 0 Å². The summed E-state index contributed by atoms with van der Waals surface area (Å²) in [6.45, 7) is 13.3. The molecule has 1 aliphatic carbocycles. The lowest BCUT2D eigenvalue weighted by atomic mass is 9.71. The largest absolute Gasteiger partial charge is 0.503 e. The van der Waals surface area contributed by atoms with Gasteiger partial charge < -0.3 is 15.5 Å². The van der Waals surface area contributed by atoms with E-state index in [1.807, 2.05) is 0 Å². The van der Waals surface area contributed by atoms with Gasteiger partial charge in [0.15, 0.2) is 0 Å². The molecule has 0 atom stereocenters. The van der Waals surface area contributed by atoms with Crippen molar-refractivity contribution in [3.05, 3.63) is 34.4 Å². The first kappa shape index (κ1) is 23.0. The van der Waals surface area contributed by atoms with Crippen LogP contribution in [0.4, 0.5) is 4.79 Å². The maximum Gasteiger partial charge on any atom is 0.503 e. The first-order valence-electron chi connectivity index (χ1n) is 9.68. The highest BCUT2D eigenvalue weighted by molar-refractivity contribution is 5.79. The smallest absolute Gasteiger partial charge is 0.450 e. The Kier molecular flexibility index (Phi) is 8.32. The van der Waals surface area contributed by atoms with E-state index in [1.54, 1.807) is 0 Å². The first-order valence-corrected chi connectivity index (χ1v) is 9.68. The number of benzene rings is 1. The molecule has 1 saturated carbocycles. The van der Waals surface area contributed by atoms with Crippen molar-refractivity contribution in [1.82, 2.24) is 5.32 Å². The molecule has 0 aliphatic heterocycles. The molecule has 1 amide bonds. The van der Waals surface area contributed by atoms with E-state index in [1.165, 1.54) is 35.1 Å². The van der Waals surface area contributed by atoms with E-state index in [0.717, 1.165) is 18.8 Å². The molecule has 0 saturated heterocycles. The van der Waals surface area contributed by atoms with Gasteiger partial charge in [0.05, 0.1) is 6.42 Å². The van der Waals surface area contributed by atoms with Crippen molar-refractivity contribution >= 4 is 12.1 Å². The van der Waals surface area contributed by atoms with Crippen molar-refractivity contribution in [1.29, 1.82) is 0 Å².